The molecule has 112 valence electrons. The zero-order valence-corrected chi connectivity index (χ0v) is 13.1. The number of hydrogen-bond donors (Lipinski definition) is 1. The van der Waals surface area contributed by atoms with Crippen molar-refractivity contribution < 1.29 is 12.8 Å². The molecule has 0 radical (unpaired) electrons. The van der Waals surface area contributed by atoms with E-state index in [-0.39, 0.29) is 30.2 Å². The van der Waals surface area contributed by atoms with Crippen LogP contribution in [0.3, 0.4) is 0 Å². The molecule has 0 aromatic heterocycles. The molecule has 1 rings (SSSR count). The molecule has 0 unspecified atom stereocenters. The highest BCUT2D eigenvalue weighted by Gasteiger charge is 2.28. The molecule has 0 bridgehead atoms. The summed E-state index contributed by atoms with van der Waals surface area (Å²) in [5.74, 6) is -0.850. The lowest BCUT2D eigenvalue weighted by Gasteiger charge is -2.21. The Labute approximate surface area is 124 Å². The number of nitrogens with zero attached hydrogens (tertiary/aromatic N) is 1. The Hall–Kier alpha value is -0.950. The van der Waals surface area contributed by atoms with Gasteiger partial charge >= 0.3 is 0 Å². The quantitative estimate of drug-likeness (QED) is 0.819. The Morgan fingerprint density at radius 3 is 2.55 bits per heavy atom. The molecule has 0 aliphatic carbocycles. The highest BCUT2D eigenvalue weighted by atomic mass is 35.5. The van der Waals surface area contributed by atoms with E-state index < -0.39 is 20.7 Å². The molecule has 0 fully saturated rings. The Bertz CT molecular complexity index is 617. The van der Waals surface area contributed by atoms with Crippen LogP contribution in [0.25, 0.3) is 0 Å². The van der Waals surface area contributed by atoms with Crippen LogP contribution >= 0.6 is 11.6 Å². The van der Waals surface area contributed by atoms with E-state index >= 15 is 0 Å². The fraction of sp³-hybridized carbons (Fsp3) is 0.385. The number of halogens is 2. The van der Waals surface area contributed by atoms with Crippen LogP contribution in [0.4, 0.5) is 4.39 Å². The van der Waals surface area contributed by atoms with E-state index in [0.717, 1.165) is 10.4 Å². The second-order valence-corrected chi connectivity index (χ2v) is 6.81. The molecule has 0 aliphatic heterocycles. The molecular formula is C13H18ClFN2O2S. The average molecular weight is 321 g/mol. The van der Waals surface area contributed by atoms with Crippen LogP contribution in [0.1, 0.15) is 19.4 Å². The molecule has 1 aromatic rings. The van der Waals surface area contributed by atoms with Crippen LogP contribution < -0.4 is 5.73 Å². The Morgan fingerprint density at radius 1 is 1.50 bits per heavy atom. The minimum atomic E-state index is -3.97. The molecule has 1 aromatic carbocycles. The van der Waals surface area contributed by atoms with Gasteiger partial charge in [0.25, 0.3) is 0 Å². The van der Waals surface area contributed by atoms with Crippen molar-refractivity contribution in [2.45, 2.75) is 25.3 Å². The standard InChI is InChI=1S/C13H18ClFN2O2S/c1-4-17(8-9(2)3)20(18,19)12-6-11(14)5-10(7-16)13(12)15/h5-6H,2,4,7-8,16H2,1,3H3. The van der Waals surface area contributed by atoms with Gasteiger partial charge in [-0.25, -0.2) is 12.8 Å². The molecule has 0 aliphatic rings. The van der Waals surface area contributed by atoms with Crippen molar-refractivity contribution in [2.24, 2.45) is 5.73 Å². The SMILES string of the molecule is C=C(C)CN(CC)S(=O)(=O)c1cc(Cl)cc(CN)c1F. The highest BCUT2D eigenvalue weighted by Crippen LogP contribution is 2.26. The molecule has 0 saturated carbocycles. The molecule has 7 heteroatoms. The van der Waals surface area contributed by atoms with Crippen LogP contribution in [0.15, 0.2) is 29.2 Å². The van der Waals surface area contributed by atoms with Crippen LogP contribution in [-0.2, 0) is 16.6 Å². The Balaban J connectivity index is 3.41. The van der Waals surface area contributed by atoms with Gasteiger partial charge in [0.1, 0.15) is 10.7 Å². The molecular weight excluding hydrogens is 303 g/mol. The third-order valence-electron chi connectivity index (χ3n) is 2.72. The van der Waals surface area contributed by atoms with Crippen LogP contribution in [0.5, 0.6) is 0 Å². The lowest BCUT2D eigenvalue weighted by molar-refractivity contribution is 0.446. The van der Waals surface area contributed by atoms with Gasteiger partial charge in [0.2, 0.25) is 10.0 Å². The normalized spacial score (nSPS) is 11.9. The lowest BCUT2D eigenvalue weighted by Crippen LogP contribution is -2.33. The first kappa shape index (κ1) is 17.1. The predicted molar refractivity (Wildman–Crippen MR) is 78.5 cm³/mol. The predicted octanol–water partition coefficient (Wildman–Crippen LogP) is 2.52. The summed E-state index contributed by atoms with van der Waals surface area (Å²) < 4.78 is 40.3. The van der Waals surface area contributed by atoms with Gasteiger partial charge in [-0.15, -0.1) is 0 Å². The van der Waals surface area contributed by atoms with Crippen LogP contribution in [0.2, 0.25) is 5.02 Å². The van der Waals surface area contributed by atoms with Gasteiger partial charge in [-0.2, -0.15) is 4.31 Å². The minimum Gasteiger partial charge on any atom is -0.326 e. The fourth-order valence-corrected chi connectivity index (χ4v) is 3.71. The van der Waals surface area contributed by atoms with E-state index in [2.05, 4.69) is 6.58 Å². The van der Waals surface area contributed by atoms with Gasteiger partial charge in [0, 0.05) is 30.2 Å². The first-order valence-corrected chi connectivity index (χ1v) is 7.88. The molecule has 0 amide bonds. The van der Waals surface area contributed by atoms with E-state index in [9.17, 15) is 12.8 Å². The summed E-state index contributed by atoms with van der Waals surface area (Å²) in [4.78, 5) is -0.450. The number of rotatable bonds is 6. The summed E-state index contributed by atoms with van der Waals surface area (Å²) in [5.41, 5.74) is 6.14. The van der Waals surface area contributed by atoms with Gasteiger partial charge in [0.05, 0.1) is 0 Å². The Morgan fingerprint density at radius 2 is 2.10 bits per heavy atom. The van der Waals surface area contributed by atoms with Gasteiger partial charge in [-0.05, 0) is 19.1 Å². The van der Waals surface area contributed by atoms with Crippen molar-refractivity contribution in [1.29, 1.82) is 0 Å². The number of hydrogen-bond acceptors (Lipinski definition) is 3. The second kappa shape index (κ2) is 6.67. The number of likely N-dealkylation sites (N-methyl/N-ethyl adjacent to an activating group) is 1. The van der Waals surface area contributed by atoms with Crippen molar-refractivity contribution in [3.8, 4) is 0 Å². The van der Waals surface area contributed by atoms with Crippen molar-refractivity contribution in [2.75, 3.05) is 13.1 Å². The molecule has 2 N–H and O–H groups in total. The van der Waals surface area contributed by atoms with Crippen LogP contribution in [0, 0.1) is 5.82 Å². The zero-order valence-electron chi connectivity index (χ0n) is 11.5. The van der Waals surface area contributed by atoms with Crippen molar-refractivity contribution in [3.05, 3.63) is 40.7 Å². The largest absolute Gasteiger partial charge is 0.326 e. The number of benzene rings is 1. The van der Waals surface area contributed by atoms with E-state index in [0.29, 0.717) is 5.57 Å². The highest BCUT2D eigenvalue weighted by molar-refractivity contribution is 7.89. The summed E-state index contributed by atoms with van der Waals surface area (Å²) in [7, 11) is -3.97. The molecule has 0 saturated heterocycles. The Kier molecular flexibility index (Phi) is 5.70. The summed E-state index contributed by atoms with van der Waals surface area (Å²) in [5, 5.41) is 0.136. The monoisotopic (exact) mass is 320 g/mol. The smallest absolute Gasteiger partial charge is 0.246 e. The molecule has 0 atom stereocenters. The van der Waals surface area contributed by atoms with Gasteiger partial charge in [-0.1, -0.05) is 30.7 Å². The van der Waals surface area contributed by atoms with E-state index in [1.807, 2.05) is 0 Å². The summed E-state index contributed by atoms with van der Waals surface area (Å²) >= 11 is 5.84. The second-order valence-electron chi connectivity index (χ2n) is 4.47. The maximum absolute atomic E-state index is 14.2. The molecule has 4 nitrogen and oxygen atoms in total. The summed E-state index contributed by atoms with van der Waals surface area (Å²) in [6.07, 6.45) is 0. The van der Waals surface area contributed by atoms with E-state index in [1.54, 1.807) is 13.8 Å². The first-order valence-electron chi connectivity index (χ1n) is 6.06. The fourth-order valence-electron chi connectivity index (χ4n) is 1.76. The zero-order chi connectivity index (χ0) is 15.5. The maximum atomic E-state index is 14.2. The summed E-state index contributed by atoms with van der Waals surface area (Å²) in [6.45, 7) is 7.27. The molecule has 0 heterocycles. The number of sulfonamides is 1. The first-order chi connectivity index (χ1) is 9.23. The third-order valence-corrected chi connectivity index (χ3v) is 4.85. The van der Waals surface area contributed by atoms with Crippen molar-refractivity contribution in [3.63, 3.8) is 0 Å². The van der Waals surface area contributed by atoms with E-state index in [1.165, 1.54) is 6.07 Å². The lowest BCUT2D eigenvalue weighted by atomic mass is 10.2. The summed E-state index contributed by atoms with van der Waals surface area (Å²) in [6, 6.07) is 2.43. The molecule has 0 spiro atoms. The van der Waals surface area contributed by atoms with Crippen LogP contribution in [-0.4, -0.2) is 25.8 Å². The van der Waals surface area contributed by atoms with Gasteiger partial charge in [0.15, 0.2) is 0 Å². The maximum Gasteiger partial charge on any atom is 0.246 e. The molecule has 20 heavy (non-hydrogen) atoms. The average Bonchev–Trinajstić information content (AvgIpc) is 2.37. The van der Waals surface area contributed by atoms with Crippen molar-refractivity contribution in [1.82, 2.24) is 4.31 Å². The van der Waals surface area contributed by atoms with Crippen molar-refractivity contribution >= 4 is 21.6 Å². The third kappa shape index (κ3) is 3.58. The number of nitrogens with two attached hydrogens (primary N) is 1. The van der Waals surface area contributed by atoms with Gasteiger partial charge in [-0.3, -0.25) is 0 Å². The van der Waals surface area contributed by atoms with E-state index in [4.69, 9.17) is 17.3 Å². The van der Waals surface area contributed by atoms with Gasteiger partial charge < -0.3 is 5.73 Å². The minimum absolute atomic E-state index is 0.0717. The topological polar surface area (TPSA) is 63.4 Å².